The van der Waals surface area contributed by atoms with Gasteiger partial charge < -0.3 is 15.1 Å². The molecule has 0 spiro atoms. The van der Waals surface area contributed by atoms with E-state index < -0.39 is 12.2 Å². The van der Waals surface area contributed by atoms with E-state index in [0.29, 0.717) is 5.75 Å². The number of carbonyl (C=O) groups is 1. The molecule has 0 radical (unpaired) electrons. The zero-order chi connectivity index (χ0) is 11.5. The second kappa shape index (κ2) is 5.18. The smallest absolute Gasteiger partial charge is 0.233 e. The second-order valence-electron chi connectivity index (χ2n) is 3.65. The first-order chi connectivity index (χ1) is 7.66. The number of hydrogen-bond acceptors (Lipinski definition) is 5. The predicted octanol–water partition coefficient (Wildman–Crippen LogP) is 0.404. The molecule has 1 aromatic heterocycles. The summed E-state index contributed by atoms with van der Waals surface area (Å²) >= 11 is 3.09. The Morgan fingerprint density at radius 3 is 2.75 bits per heavy atom. The number of aliphatic hydroxyl groups excluding tert-OH is 2. The Hall–Kier alpha value is -0.560. The lowest BCUT2D eigenvalue weighted by Gasteiger charge is -2.14. The number of β-amino-alcohol motifs (C(OH)–C–C–N with tert-alkyl or cyclic N) is 2. The third kappa shape index (κ3) is 2.76. The number of thiophene rings is 1. The Bertz CT molecular complexity index is 345. The van der Waals surface area contributed by atoms with Crippen LogP contribution in [0.3, 0.4) is 0 Å². The van der Waals surface area contributed by atoms with Gasteiger partial charge in [-0.25, -0.2) is 0 Å². The first kappa shape index (κ1) is 11.9. The zero-order valence-corrected chi connectivity index (χ0v) is 10.2. The van der Waals surface area contributed by atoms with Crippen molar-refractivity contribution in [1.82, 2.24) is 4.90 Å². The highest BCUT2D eigenvalue weighted by atomic mass is 32.2. The van der Waals surface area contributed by atoms with Crippen molar-refractivity contribution in [2.24, 2.45) is 0 Å². The number of hydrogen-bond donors (Lipinski definition) is 2. The minimum Gasteiger partial charge on any atom is -0.388 e. The van der Waals surface area contributed by atoms with Crippen molar-refractivity contribution in [3.8, 4) is 0 Å². The minimum atomic E-state index is -0.796. The summed E-state index contributed by atoms with van der Waals surface area (Å²) in [4.78, 5) is 13.2. The lowest BCUT2D eigenvalue weighted by Crippen LogP contribution is -2.31. The van der Waals surface area contributed by atoms with Crippen LogP contribution in [0, 0.1) is 0 Å². The maximum atomic E-state index is 11.7. The molecule has 1 aromatic rings. The van der Waals surface area contributed by atoms with Gasteiger partial charge in [0.25, 0.3) is 0 Å². The van der Waals surface area contributed by atoms with Gasteiger partial charge in [0.1, 0.15) is 0 Å². The van der Waals surface area contributed by atoms with Gasteiger partial charge in [0.15, 0.2) is 0 Å². The van der Waals surface area contributed by atoms with Crippen LogP contribution in [0.2, 0.25) is 0 Å². The Balaban J connectivity index is 1.80. The van der Waals surface area contributed by atoms with Gasteiger partial charge in [-0.3, -0.25) is 4.79 Å². The molecular formula is C10H13NO3S2. The zero-order valence-electron chi connectivity index (χ0n) is 8.57. The molecule has 1 fully saturated rings. The highest BCUT2D eigenvalue weighted by molar-refractivity contribution is 8.01. The molecule has 2 atom stereocenters. The number of aliphatic hydroxyl groups is 2. The summed E-state index contributed by atoms with van der Waals surface area (Å²) in [5, 5.41) is 20.6. The van der Waals surface area contributed by atoms with Crippen molar-refractivity contribution in [3.63, 3.8) is 0 Å². The van der Waals surface area contributed by atoms with E-state index in [1.54, 1.807) is 11.3 Å². The molecule has 0 aromatic carbocycles. The fourth-order valence-corrected chi connectivity index (χ4v) is 3.23. The van der Waals surface area contributed by atoms with E-state index in [2.05, 4.69) is 0 Å². The summed E-state index contributed by atoms with van der Waals surface area (Å²) in [7, 11) is 0. The van der Waals surface area contributed by atoms with Crippen molar-refractivity contribution >= 4 is 29.0 Å². The van der Waals surface area contributed by atoms with E-state index >= 15 is 0 Å². The molecule has 2 N–H and O–H groups in total. The van der Waals surface area contributed by atoms with Crippen LogP contribution in [-0.4, -0.2) is 52.1 Å². The van der Waals surface area contributed by atoms with Gasteiger partial charge in [0, 0.05) is 13.1 Å². The van der Waals surface area contributed by atoms with Crippen molar-refractivity contribution in [1.29, 1.82) is 0 Å². The SMILES string of the molecule is O=C(CSc1cccs1)N1C[C@@H](O)[C@@H](O)C1. The Morgan fingerprint density at radius 2 is 2.19 bits per heavy atom. The molecule has 1 aliphatic rings. The summed E-state index contributed by atoms with van der Waals surface area (Å²) in [6, 6.07) is 3.91. The largest absolute Gasteiger partial charge is 0.388 e. The summed E-state index contributed by atoms with van der Waals surface area (Å²) in [6.07, 6.45) is -1.59. The maximum absolute atomic E-state index is 11.7. The molecule has 2 rings (SSSR count). The fraction of sp³-hybridized carbons (Fsp3) is 0.500. The molecular weight excluding hydrogens is 246 g/mol. The average molecular weight is 259 g/mol. The number of amides is 1. The second-order valence-corrected chi connectivity index (χ2v) is 5.88. The number of likely N-dealkylation sites (tertiary alicyclic amines) is 1. The number of rotatable bonds is 3. The minimum absolute atomic E-state index is 0.0333. The first-order valence-electron chi connectivity index (χ1n) is 4.97. The van der Waals surface area contributed by atoms with E-state index in [-0.39, 0.29) is 19.0 Å². The van der Waals surface area contributed by atoms with Gasteiger partial charge in [0.2, 0.25) is 5.91 Å². The van der Waals surface area contributed by atoms with Crippen molar-refractivity contribution < 1.29 is 15.0 Å². The van der Waals surface area contributed by atoms with E-state index in [1.165, 1.54) is 16.7 Å². The summed E-state index contributed by atoms with van der Waals surface area (Å²) < 4.78 is 1.11. The number of nitrogens with zero attached hydrogens (tertiary/aromatic N) is 1. The molecule has 1 saturated heterocycles. The first-order valence-corrected chi connectivity index (χ1v) is 6.83. The Labute approximate surface area is 102 Å². The van der Waals surface area contributed by atoms with Crippen LogP contribution in [-0.2, 0) is 4.79 Å². The molecule has 0 aliphatic carbocycles. The Kier molecular flexibility index (Phi) is 3.86. The van der Waals surface area contributed by atoms with E-state index in [1.807, 2.05) is 17.5 Å². The normalized spacial score (nSPS) is 25.0. The molecule has 16 heavy (non-hydrogen) atoms. The molecule has 0 saturated carbocycles. The topological polar surface area (TPSA) is 60.8 Å². The van der Waals surface area contributed by atoms with Gasteiger partial charge in [-0.15, -0.1) is 23.1 Å². The fourth-order valence-electron chi connectivity index (χ4n) is 1.54. The maximum Gasteiger partial charge on any atom is 0.233 e. The van der Waals surface area contributed by atoms with Crippen LogP contribution in [0.4, 0.5) is 0 Å². The van der Waals surface area contributed by atoms with Crippen LogP contribution in [0.5, 0.6) is 0 Å². The lowest BCUT2D eigenvalue weighted by molar-refractivity contribution is -0.127. The molecule has 0 unspecified atom stereocenters. The van der Waals surface area contributed by atoms with Gasteiger partial charge >= 0.3 is 0 Å². The summed E-state index contributed by atoms with van der Waals surface area (Å²) in [5.74, 6) is 0.328. The van der Waals surface area contributed by atoms with Crippen molar-refractivity contribution in [3.05, 3.63) is 17.5 Å². The molecule has 6 heteroatoms. The van der Waals surface area contributed by atoms with Crippen molar-refractivity contribution in [2.45, 2.75) is 16.4 Å². The van der Waals surface area contributed by atoms with E-state index in [0.717, 1.165) is 4.21 Å². The summed E-state index contributed by atoms with van der Waals surface area (Å²) in [5.41, 5.74) is 0. The Morgan fingerprint density at radius 1 is 1.50 bits per heavy atom. The monoisotopic (exact) mass is 259 g/mol. The van der Waals surface area contributed by atoms with E-state index in [4.69, 9.17) is 0 Å². The lowest BCUT2D eigenvalue weighted by atomic mass is 10.3. The van der Waals surface area contributed by atoms with Gasteiger partial charge in [0.05, 0.1) is 22.2 Å². The van der Waals surface area contributed by atoms with Crippen LogP contribution in [0.25, 0.3) is 0 Å². The molecule has 0 bridgehead atoms. The van der Waals surface area contributed by atoms with Crippen LogP contribution < -0.4 is 0 Å². The average Bonchev–Trinajstić information content (AvgIpc) is 2.86. The third-order valence-electron chi connectivity index (χ3n) is 2.44. The molecule has 4 nitrogen and oxygen atoms in total. The molecule has 1 amide bonds. The van der Waals surface area contributed by atoms with Crippen LogP contribution >= 0.6 is 23.1 Å². The quantitative estimate of drug-likeness (QED) is 0.772. The predicted molar refractivity (Wildman–Crippen MR) is 63.6 cm³/mol. The molecule has 1 aliphatic heterocycles. The standard InChI is InChI=1S/C10H13NO3S2/c12-7-4-11(5-8(7)13)9(14)6-16-10-2-1-3-15-10/h1-3,7-8,12-13H,4-6H2/t7-,8+. The number of thioether (sulfide) groups is 1. The van der Waals surface area contributed by atoms with E-state index in [9.17, 15) is 15.0 Å². The number of carbonyl (C=O) groups excluding carboxylic acids is 1. The van der Waals surface area contributed by atoms with Crippen molar-refractivity contribution in [2.75, 3.05) is 18.8 Å². The molecule has 2 heterocycles. The third-order valence-corrected chi connectivity index (χ3v) is 4.56. The molecule has 88 valence electrons. The van der Waals surface area contributed by atoms with Crippen LogP contribution in [0.15, 0.2) is 21.7 Å². The highest BCUT2D eigenvalue weighted by Gasteiger charge is 2.32. The van der Waals surface area contributed by atoms with Gasteiger partial charge in [-0.05, 0) is 11.4 Å². The highest BCUT2D eigenvalue weighted by Crippen LogP contribution is 2.24. The summed E-state index contributed by atoms with van der Waals surface area (Å²) in [6.45, 7) is 0.482. The van der Waals surface area contributed by atoms with Gasteiger partial charge in [-0.2, -0.15) is 0 Å². The van der Waals surface area contributed by atoms with Gasteiger partial charge in [-0.1, -0.05) is 6.07 Å². The van der Waals surface area contributed by atoms with Crippen LogP contribution in [0.1, 0.15) is 0 Å².